The van der Waals surface area contributed by atoms with E-state index in [0.29, 0.717) is 31.7 Å². The van der Waals surface area contributed by atoms with Crippen molar-refractivity contribution in [3.05, 3.63) is 53.1 Å². The van der Waals surface area contributed by atoms with Gasteiger partial charge in [0, 0.05) is 19.1 Å². The Morgan fingerprint density at radius 2 is 1.76 bits per heavy atom. The number of hydrogen-bond acceptors (Lipinski definition) is 5. The summed E-state index contributed by atoms with van der Waals surface area (Å²) in [4.78, 5) is 14.4. The summed E-state index contributed by atoms with van der Waals surface area (Å²) in [5.41, 5.74) is 2.08. The highest BCUT2D eigenvalue weighted by atomic mass is 32.2. The van der Waals surface area contributed by atoms with Gasteiger partial charge in [-0.2, -0.15) is 0 Å². The van der Waals surface area contributed by atoms with Gasteiger partial charge >= 0.3 is 0 Å². The van der Waals surface area contributed by atoms with Gasteiger partial charge in [0.2, 0.25) is 10.0 Å². The molecule has 3 rings (SSSR count). The van der Waals surface area contributed by atoms with Crippen molar-refractivity contribution in [1.82, 2.24) is 9.62 Å². The molecule has 1 fully saturated rings. The predicted octanol–water partition coefficient (Wildman–Crippen LogP) is 2.60. The number of nitrogens with zero attached hydrogens (tertiary/aromatic N) is 1. The number of carbonyl (C=O) groups is 1. The van der Waals surface area contributed by atoms with Crippen LogP contribution in [0.5, 0.6) is 11.5 Å². The van der Waals surface area contributed by atoms with Gasteiger partial charge in [-0.1, -0.05) is 12.1 Å². The van der Waals surface area contributed by atoms with Gasteiger partial charge in [-0.3, -0.25) is 4.79 Å². The number of likely N-dealkylation sites (tertiary alicyclic amines) is 1. The largest absolute Gasteiger partial charge is 0.507 e. The van der Waals surface area contributed by atoms with Crippen LogP contribution in [0.3, 0.4) is 0 Å². The fourth-order valence-electron chi connectivity index (χ4n) is 3.44. The fraction of sp³-hybridized carbons (Fsp3) is 0.381. The first kappa shape index (κ1) is 21.1. The summed E-state index contributed by atoms with van der Waals surface area (Å²) in [6, 6.07) is 9.48. The van der Waals surface area contributed by atoms with E-state index in [4.69, 9.17) is 4.74 Å². The number of methoxy groups -OCH3 is 1. The molecule has 0 radical (unpaired) electrons. The van der Waals surface area contributed by atoms with Crippen LogP contribution in [0.2, 0.25) is 0 Å². The lowest BCUT2D eigenvalue weighted by atomic mass is 10.0. The molecule has 0 saturated carbocycles. The van der Waals surface area contributed by atoms with E-state index >= 15 is 0 Å². The zero-order valence-electron chi connectivity index (χ0n) is 16.8. The molecule has 1 aliphatic rings. The van der Waals surface area contributed by atoms with Crippen molar-refractivity contribution in [1.29, 1.82) is 0 Å². The number of nitrogens with one attached hydrogen (secondary N) is 1. The minimum Gasteiger partial charge on any atom is -0.507 e. The zero-order valence-corrected chi connectivity index (χ0v) is 17.6. The van der Waals surface area contributed by atoms with E-state index in [-0.39, 0.29) is 28.2 Å². The molecule has 1 heterocycles. The van der Waals surface area contributed by atoms with E-state index in [1.165, 1.54) is 13.2 Å². The molecule has 2 N–H and O–H groups in total. The molecule has 2 aromatic carbocycles. The van der Waals surface area contributed by atoms with Crippen LogP contribution >= 0.6 is 0 Å². The van der Waals surface area contributed by atoms with E-state index in [2.05, 4.69) is 4.72 Å². The normalized spacial score (nSPS) is 15.3. The first-order valence-electron chi connectivity index (χ1n) is 9.47. The van der Waals surface area contributed by atoms with Gasteiger partial charge in [0.25, 0.3) is 5.91 Å². The summed E-state index contributed by atoms with van der Waals surface area (Å²) < 4.78 is 33.9. The lowest BCUT2D eigenvalue weighted by Crippen LogP contribution is -2.46. The number of aryl methyl sites for hydroxylation is 2. The number of phenols is 1. The number of para-hydroxylation sites is 1. The quantitative estimate of drug-likeness (QED) is 0.778. The molecule has 1 amide bonds. The van der Waals surface area contributed by atoms with Gasteiger partial charge in [-0.25, -0.2) is 13.1 Å². The third-order valence-corrected chi connectivity index (χ3v) is 6.85. The Bertz CT molecular complexity index is 1010. The molecule has 2 aromatic rings. The Kier molecular flexibility index (Phi) is 6.14. The van der Waals surface area contributed by atoms with Crippen molar-refractivity contribution in [2.24, 2.45) is 0 Å². The molecule has 1 aliphatic heterocycles. The zero-order chi connectivity index (χ0) is 21.2. The molecule has 0 bridgehead atoms. The predicted molar refractivity (Wildman–Crippen MR) is 110 cm³/mol. The molecule has 0 aliphatic carbocycles. The minimum absolute atomic E-state index is 0.0536. The summed E-state index contributed by atoms with van der Waals surface area (Å²) in [5, 5.41) is 9.88. The Hall–Kier alpha value is -2.58. The minimum atomic E-state index is -3.76. The average molecular weight is 419 g/mol. The van der Waals surface area contributed by atoms with Crippen molar-refractivity contribution < 1.29 is 23.1 Å². The number of aromatic hydroxyl groups is 1. The van der Waals surface area contributed by atoms with Crippen molar-refractivity contribution >= 4 is 15.9 Å². The van der Waals surface area contributed by atoms with Gasteiger partial charge in [0.15, 0.2) is 0 Å². The SMILES string of the molecule is COc1cc(C)c(C)cc1S(=O)(=O)NC1CCN(C(=O)c2ccccc2O)CC1. The van der Waals surface area contributed by atoms with Crippen molar-refractivity contribution in [3.63, 3.8) is 0 Å². The highest BCUT2D eigenvalue weighted by Crippen LogP contribution is 2.28. The second-order valence-electron chi connectivity index (χ2n) is 7.29. The lowest BCUT2D eigenvalue weighted by molar-refractivity contribution is 0.0708. The standard InChI is InChI=1S/C21H26N2O5S/c1-14-12-19(28-3)20(13-15(14)2)29(26,27)22-16-8-10-23(11-9-16)21(25)17-6-4-5-7-18(17)24/h4-7,12-13,16,22,24H,8-11H2,1-3H3. The molecule has 29 heavy (non-hydrogen) atoms. The highest BCUT2D eigenvalue weighted by Gasteiger charge is 2.29. The van der Waals surface area contributed by atoms with Crippen LogP contribution in [0.25, 0.3) is 0 Å². The lowest BCUT2D eigenvalue weighted by Gasteiger charge is -2.32. The number of amides is 1. The summed E-state index contributed by atoms with van der Waals surface area (Å²) in [6.07, 6.45) is 0.984. The van der Waals surface area contributed by atoms with Crippen LogP contribution in [0.1, 0.15) is 34.3 Å². The van der Waals surface area contributed by atoms with E-state index in [0.717, 1.165) is 11.1 Å². The number of piperidine rings is 1. The van der Waals surface area contributed by atoms with Gasteiger partial charge in [0.1, 0.15) is 16.4 Å². The molecule has 7 nitrogen and oxygen atoms in total. The first-order chi connectivity index (χ1) is 13.7. The van der Waals surface area contributed by atoms with Crippen LogP contribution in [0.15, 0.2) is 41.3 Å². The molecule has 0 aromatic heterocycles. The molecule has 0 unspecified atom stereocenters. The third kappa shape index (κ3) is 4.54. The second-order valence-corrected chi connectivity index (χ2v) is 8.97. The number of phenolic OH excluding ortho intramolecular Hbond substituents is 1. The highest BCUT2D eigenvalue weighted by molar-refractivity contribution is 7.89. The van der Waals surface area contributed by atoms with Gasteiger partial charge in [-0.05, 0) is 62.1 Å². The number of benzene rings is 2. The molecular weight excluding hydrogens is 392 g/mol. The van der Waals surface area contributed by atoms with Crippen LogP contribution < -0.4 is 9.46 Å². The fourth-order valence-corrected chi connectivity index (χ4v) is 4.98. The summed E-state index contributed by atoms with van der Waals surface area (Å²) in [7, 11) is -2.31. The van der Waals surface area contributed by atoms with Gasteiger partial charge in [-0.15, -0.1) is 0 Å². The monoisotopic (exact) mass is 418 g/mol. The molecule has 156 valence electrons. The number of hydrogen-bond donors (Lipinski definition) is 2. The smallest absolute Gasteiger partial charge is 0.257 e. The summed E-state index contributed by atoms with van der Waals surface area (Å²) in [6.45, 7) is 4.57. The second kappa shape index (κ2) is 8.42. The van der Waals surface area contributed by atoms with Gasteiger partial charge in [0.05, 0.1) is 12.7 Å². The summed E-state index contributed by atoms with van der Waals surface area (Å²) >= 11 is 0. The van der Waals surface area contributed by atoms with Crippen molar-refractivity contribution in [2.75, 3.05) is 20.2 Å². The summed E-state index contributed by atoms with van der Waals surface area (Å²) in [5.74, 6) is 0.00941. The number of ether oxygens (including phenoxy) is 1. The maximum Gasteiger partial charge on any atom is 0.257 e. The van der Waals surface area contributed by atoms with E-state index in [1.54, 1.807) is 35.2 Å². The van der Waals surface area contributed by atoms with Gasteiger partial charge < -0.3 is 14.7 Å². The van der Waals surface area contributed by atoms with Crippen LogP contribution in [-0.2, 0) is 10.0 Å². The van der Waals surface area contributed by atoms with Crippen molar-refractivity contribution in [2.45, 2.75) is 37.6 Å². The molecule has 1 saturated heterocycles. The number of rotatable bonds is 5. The van der Waals surface area contributed by atoms with Crippen LogP contribution in [0.4, 0.5) is 0 Å². The first-order valence-corrected chi connectivity index (χ1v) is 11.0. The topological polar surface area (TPSA) is 95.9 Å². The van der Waals surface area contributed by atoms with Crippen molar-refractivity contribution in [3.8, 4) is 11.5 Å². The third-order valence-electron chi connectivity index (χ3n) is 5.31. The molecule has 0 atom stereocenters. The molecule has 8 heteroatoms. The number of sulfonamides is 1. The van der Waals surface area contributed by atoms with E-state index < -0.39 is 10.0 Å². The molecular formula is C21H26N2O5S. The Labute approximate surface area is 171 Å². The van der Waals surface area contributed by atoms with Crippen LogP contribution in [0, 0.1) is 13.8 Å². The maximum atomic E-state index is 12.9. The molecule has 0 spiro atoms. The Morgan fingerprint density at radius 1 is 1.14 bits per heavy atom. The maximum absolute atomic E-state index is 12.9. The average Bonchev–Trinajstić information content (AvgIpc) is 2.69. The van der Waals surface area contributed by atoms with Crippen LogP contribution in [-0.4, -0.2) is 50.6 Å². The number of carbonyl (C=O) groups excluding carboxylic acids is 1. The van der Waals surface area contributed by atoms with E-state index in [9.17, 15) is 18.3 Å². The van der Waals surface area contributed by atoms with E-state index in [1.807, 2.05) is 13.8 Å². The Morgan fingerprint density at radius 3 is 2.38 bits per heavy atom. The Balaban J connectivity index is 1.68.